The second-order valence-electron chi connectivity index (χ2n) is 9.40. The maximum Gasteiger partial charge on any atom is 0.244 e. The zero-order valence-electron chi connectivity index (χ0n) is 22.2. The van der Waals surface area contributed by atoms with E-state index in [1.807, 2.05) is 74.5 Å². The number of halogens is 2. The first-order chi connectivity index (χ1) is 18.5. The minimum absolute atomic E-state index is 0.104. The van der Waals surface area contributed by atoms with E-state index in [-0.39, 0.29) is 40.6 Å². The van der Waals surface area contributed by atoms with E-state index in [0.717, 1.165) is 28.1 Å². The molecule has 0 bridgehead atoms. The van der Waals surface area contributed by atoms with Gasteiger partial charge in [-0.3, -0.25) is 13.9 Å². The first-order valence-electron chi connectivity index (χ1n) is 12.6. The minimum Gasteiger partial charge on any atom is -0.352 e. The van der Waals surface area contributed by atoms with Crippen molar-refractivity contribution in [3.8, 4) is 0 Å². The Morgan fingerprint density at radius 1 is 0.897 bits per heavy atom. The number of carbonyl (C=O) groups excluding carboxylic acids is 2. The lowest BCUT2D eigenvalue weighted by Gasteiger charge is -2.34. The van der Waals surface area contributed by atoms with E-state index < -0.39 is 28.5 Å². The Bertz CT molecular complexity index is 1370. The van der Waals surface area contributed by atoms with E-state index in [1.165, 1.54) is 23.1 Å². The molecule has 0 radical (unpaired) electrons. The molecule has 0 saturated carbocycles. The number of carbonyl (C=O) groups is 2. The Morgan fingerprint density at radius 2 is 1.49 bits per heavy atom. The van der Waals surface area contributed by atoms with Gasteiger partial charge in [-0.2, -0.15) is 0 Å². The molecule has 0 spiro atoms. The summed E-state index contributed by atoms with van der Waals surface area (Å²) in [6, 6.07) is 22.1. The van der Waals surface area contributed by atoms with Crippen molar-refractivity contribution in [2.24, 2.45) is 0 Å². The lowest BCUT2D eigenvalue weighted by Crippen LogP contribution is -2.54. The topological polar surface area (TPSA) is 86.8 Å². The zero-order chi connectivity index (χ0) is 28.6. The fourth-order valence-electron chi connectivity index (χ4n) is 4.03. The molecular formula is C29H33Cl2N3O4S. The molecule has 0 aliphatic rings. The van der Waals surface area contributed by atoms with Crippen LogP contribution in [0.15, 0.2) is 78.9 Å². The van der Waals surface area contributed by atoms with E-state index in [9.17, 15) is 18.0 Å². The molecule has 10 heteroatoms. The summed E-state index contributed by atoms with van der Waals surface area (Å²) in [7, 11) is -3.89. The van der Waals surface area contributed by atoms with Crippen LogP contribution in [0.3, 0.4) is 0 Å². The summed E-state index contributed by atoms with van der Waals surface area (Å²) in [5, 5.41) is 3.42. The standard InChI is InChI=1S/C29H33Cl2N3O4S/c1-4-21(2)32-29(36)27(17-22-11-7-5-8-12-22)33(19-23-13-9-6-10-14-23)28(35)20-34(39(3,37)38)24-15-16-25(30)26(31)18-24/h5-16,18,21,27H,4,17,19-20H2,1-3H3,(H,32,36)/t21-,27-/m0/s1. The number of benzene rings is 3. The zero-order valence-corrected chi connectivity index (χ0v) is 24.5. The van der Waals surface area contributed by atoms with Gasteiger partial charge in [-0.25, -0.2) is 8.42 Å². The third-order valence-corrected chi connectivity index (χ3v) is 8.22. The van der Waals surface area contributed by atoms with Crippen molar-refractivity contribution >= 4 is 50.7 Å². The van der Waals surface area contributed by atoms with Gasteiger partial charge in [0.15, 0.2) is 0 Å². The molecule has 0 heterocycles. The Labute approximate surface area is 240 Å². The molecule has 2 amide bonds. The van der Waals surface area contributed by atoms with Crippen molar-refractivity contribution in [1.82, 2.24) is 10.2 Å². The predicted octanol–water partition coefficient (Wildman–Crippen LogP) is 5.31. The van der Waals surface area contributed by atoms with E-state index in [1.54, 1.807) is 0 Å². The second kappa shape index (κ2) is 13.8. The van der Waals surface area contributed by atoms with Crippen molar-refractivity contribution in [2.45, 2.75) is 45.3 Å². The first-order valence-corrected chi connectivity index (χ1v) is 15.2. The molecule has 3 rings (SSSR count). The summed E-state index contributed by atoms with van der Waals surface area (Å²) in [4.78, 5) is 29.1. The van der Waals surface area contributed by atoms with Crippen LogP contribution in [-0.2, 0) is 32.6 Å². The molecule has 0 fully saturated rings. The number of anilines is 1. The van der Waals surface area contributed by atoms with Gasteiger partial charge in [0.2, 0.25) is 21.8 Å². The molecule has 0 saturated heterocycles. The van der Waals surface area contributed by atoms with Gasteiger partial charge in [-0.05, 0) is 42.7 Å². The van der Waals surface area contributed by atoms with Crippen LogP contribution in [0.25, 0.3) is 0 Å². The van der Waals surface area contributed by atoms with Crippen LogP contribution < -0.4 is 9.62 Å². The lowest BCUT2D eigenvalue weighted by atomic mass is 10.0. The molecule has 3 aromatic rings. The second-order valence-corrected chi connectivity index (χ2v) is 12.1. The molecule has 2 atom stereocenters. The lowest BCUT2D eigenvalue weighted by molar-refractivity contribution is -0.140. The molecule has 0 aliphatic heterocycles. The largest absolute Gasteiger partial charge is 0.352 e. The van der Waals surface area contributed by atoms with E-state index in [4.69, 9.17) is 23.2 Å². The quantitative estimate of drug-likeness (QED) is 0.310. The maximum absolute atomic E-state index is 14.0. The van der Waals surface area contributed by atoms with E-state index in [2.05, 4.69) is 5.32 Å². The smallest absolute Gasteiger partial charge is 0.244 e. The minimum atomic E-state index is -3.89. The van der Waals surface area contributed by atoms with E-state index >= 15 is 0 Å². The summed E-state index contributed by atoms with van der Waals surface area (Å²) in [6.45, 7) is 3.46. The van der Waals surface area contributed by atoms with Crippen molar-refractivity contribution in [3.63, 3.8) is 0 Å². The maximum atomic E-state index is 14.0. The summed E-state index contributed by atoms with van der Waals surface area (Å²) in [6.07, 6.45) is 1.99. The monoisotopic (exact) mass is 589 g/mol. The molecule has 39 heavy (non-hydrogen) atoms. The fourth-order valence-corrected chi connectivity index (χ4v) is 5.16. The van der Waals surface area contributed by atoms with Gasteiger partial charge in [-0.1, -0.05) is 90.8 Å². The van der Waals surface area contributed by atoms with Crippen molar-refractivity contribution in [2.75, 3.05) is 17.1 Å². The van der Waals surface area contributed by atoms with Gasteiger partial charge in [0.1, 0.15) is 12.6 Å². The average Bonchev–Trinajstić information content (AvgIpc) is 2.91. The third kappa shape index (κ3) is 8.71. The van der Waals surface area contributed by atoms with Crippen molar-refractivity contribution < 1.29 is 18.0 Å². The van der Waals surface area contributed by atoms with Crippen LogP contribution in [-0.4, -0.2) is 50.0 Å². The molecule has 0 aliphatic carbocycles. The SMILES string of the molecule is CC[C@H](C)NC(=O)[C@H](Cc1ccccc1)N(Cc1ccccc1)C(=O)CN(c1ccc(Cl)c(Cl)c1)S(C)(=O)=O. The van der Waals surface area contributed by atoms with Gasteiger partial charge in [0.05, 0.1) is 22.0 Å². The number of amides is 2. The van der Waals surface area contributed by atoms with E-state index in [0.29, 0.717) is 0 Å². The number of nitrogens with one attached hydrogen (secondary N) is 1. The van der Waals surface area contributed by atoms with Crippen LogP contribution in [0.5, 0.6) is 0 Å². The van der Waals surface area contributed by atoms with Gasteiger partial charge >= 0.3 is 0 Å². The molecule has 7 nitrogen and oxygen atoms in total. The normalized spacial score (nSPS) is 12.8. The predicted molar refractivity (Wildman–Crippen MR) is 157 cm³/mol. The number of sulfonamides is 1. The molecule has 1 N–H and O–H groups in total. The van der Waals surface area contributed by atoms with Crippen LogP contribution in [0.2, 0.25) is 10.0 Å². The molecule has 0 unspecified atom stereocenters. The van der Waals surface area contributed by atoms with Crippen LogP contribution in [0.1, 0.15) is 31.4 Å². The Hall–Kier alpha value is -3.07. The summed E-state index contributed by atoms with van der Waals surface area (Å²) >= 11 is 12.2. The highest BCUT2D eigenvalue weighted by atomic mass is 35.5. The number of nitrogens with zero attached hydrogens (tertiary/aromatic N) is 2. The van der Waals surface area contributed by atoms with Gasteiger partial charge in [-0.15, -0.1) is 0 Å². The Balaban J connectivity index is 2.05. The number of rotatable bonds is 12. The Kier molecular flexibility index (Phi) is 10.8. The van der Waals surface area contributed by atoms with Gasteiger partial charge in [0.25, 0.3) is 0 Å². The molecule has 208 valence electrons. The summed E-state index contributed by atoms with van der Waals surface area (Å²) < 4.78 is 26.6. The fraction of sp³-hybridized carbons (Fsp3) is 0.310. The van der Waals surface area contributed by atoms with Crippen LogP contribution in [0, 0.1) is 0 Å². The first kappa shape index (κ1) is 30.5. The number of hydrogen-bond donors (Lipinski definition) is 1. The highest BCUT2D eigenvalue weighted by molar-refractivity contribution is 7.92. The molecule has 0 aromatic heterocycles. The highest BCUT2D eigenvalue weighted by Crippen LogP contribution is 2.29. The van der Waals surface area contributed by atoms with Crippen LogP contribution in [0.4, 0.5) is 5.69 Å². The third-order valence-electron chi connectivity index (χ3n) is 6.34. The van der Waals surface area contributed by atoms with Crippen molar-refractivity contribution in [1.29, 1.82) is 0 Å². The number of hydrogen-bond acceptors (Lipinski definition) is 4. The molecular weight excluding hydrogens is 557 g/mol. The average molecular weight is 591 g/mol. The summed E-state index contributed by atoms with van der Waals surface area (Å²) in [5.41, 5.74) is 1.88. The van der Waals surface area contributed by atoms with Crippen LogP contribution >= 0.6 is 23.2 Å². The van der Waals surface area contributed by atoms with Crippen molar-refractivity contribution in [3.05, 3.63) is 100 Å². The highest BCUT2D eigenvalue weighted by Gasteiger charge is 2.33. The van der Waals surface area contributed by atoms with Gasteiger partial charge < -0.3 is 10.2 Å². The van der Waals surface area contributed by atoms with Gasteiger partial charge in [0, 0.05) is 19.0 Å². The molecule has 3 aromatic carbocycles. The summed E-state index contributed by atoms with van der Waals surface area (Å²) in [5.74, 6) is -0.839. The Morgan fingerprint density at radius 3 is 2.03 bits per heavy atom.